The second-order valence-corrected chi connectivity index (χ2v) is 4.25. The lowest BCUT2D eigenvalue weighted by atomic mass is 10.1. The molecule has 2 unspecified atom stereocenters. The Morgan fingerprint density at radius 1 is 1.73 bits per heavy atom. The van der Waals surface area contributed by atoms with Crippen molar-refractivity contribution < 1.29 is 15.0 Å². The highest BCUT2D eigenvalue weighted by Gasteiger charge is 2.22. The number of anilines is 1. The molecule has 1 aromatic rings. The molecule has 0 aliphatic rings. The number of rotatable bonds is 4. The predicted molar refractivity (Wildman–Crippen MR) is 57.1 cm³/mol. The van der Waals surface area contributed by atoms with Crippen LogP contribution in [0.2, 0.25) is 0 Å². The Balaban J connectivity index is 2.57. The smallest absolute Gasteiger partial charge is 0.185 e. The van der Waals surface area contributed by atoms with E-state index in [1.807, 2.05) is 0 Å². The lowest BCUT2D eigenvalue weighted by molar-refractivity contribution is -0.109. The average Bonchev–Trinajstić information content (AvgIpc) is 2.59. The van der Waals surface area contributed by atoms with Crippen LogP contribution in [0.5, 0.6) is 0 Å². The summed E-state index contributed by atoms with van der Waals surface area (Å²) in [7, 11) is 0. The van der Waals surface area contributed by atoms with E-state index < -0.39 is 12.2 Å². The maximum absolute atomic E-state index is 10.7. The van der Waals surface area contributed by atoms with Gasteiger partial charge >= 0.3 is 0 Å². The van der Waals surface area contributed by atoms with Gasteiger partial charge in [0.15, 0.2) is 5.12 Å². The zero-order valence-electron chi connectivity index (χ0n) is 8.17. The van der Waals surface area contributed by atoms with Crippen LogP contribution in [0, 0.1) is 0 Å². The first-order valence-electron chi connectivity index (χ1n) is 4.30. The molecule has 0 radical (unpaired) electrons. The average molecular weight is 231 g/mol. The van der Waals surface area contributed by atoms with Crippen LogP contribution < -0.4 is 5.73 Å². The lowest BCUT2D eigenvalue weighted by Crippen LogP contribution is -2.21. The van der Waals surface area contributed by atoms with E-state index in [1.165, 1.54) is 13.1 Å². The maximum Gasteiger partial charge on any atom is 0.185 e. The number of nitrogens with zero attached hydrogens (tertiary/aromatic N) is 1. The summed E-state index contributed by atoms with van der Waals surface area (Å²) in [6.45, 7) is 1.40. The van der Waals surface area contributed by atoms with E-state index in [0.717, 1.165) is 11.8 Å². The van der Waals surface area contributed by atoms with Crippen LogP contribution in [0.25, 0.3) is 0 Å². The summed E-state index contributed by atoms with van der Waals surface area (Å²) in [5, 5.41) is 25.2. The second kappa shape index (κ2) is 5.15. The summed E-state index contributed by atoms with van der Waals surface area (Å²) >= 11 is 0.950. The van der Waals surface area contributed by atoms with Crippen molar-refractivity contribution in [1.29, 1.82) is 0 Å². The summed E-state index contributed by atoms with van der Waals surface area (Å²) in [6.07, 6.45) is -0.823. The third kappa shape index (κ3) is 3.22. The molecule has 2 atom stereocenters. The molecule has 0 aliphatic heterocycles. The molecule has 0 spiro atoms. The molecular formula is C8H13N3O3S. The molecule has 0 aromatic carbocycles. The van der Waals surface area contributed by atoms with Gasteiger partial charge in [0.25, 0.3) is 0 Å². The fourth-order valence-electron chi connectivity index (χ4n) is 1.04. The third-order valence-electron chi connectivity index (χ3n) is 1.84. The molecule has 0 amide bonds. The van der Waals surface area contributed by atoms with Gasteiger partial charge in [0.05, 0.1) is 12.3 Å². The minimum atomic E-state index is -1.13. The van der Waals surface area contributed by atoms with Gasteiger partial charge in [-0.1, -0.05) is 11.8 Å². The summed E-state index contributed by atoms with van der Waals surface area (Å²) in [5.41, 5.74) is 5.81. The van der Waals surface area contributed by atoms with Crippen molar-refractivity contribution in [2.24, 2.45) is 0 Å². The monoisotopic (exact) mass is 231 g/mol. The molecule has 84 valence electrons. The Kier molecular flexibility index (Phi) is 4.13. The first-order valence-corrected chi connectivity index (χ1v) is 5.29. The van der Waals surface area contributed by atoms with Crippen molar-refractivity contribution in [3.05, 3.63) is 11.8 Å². The summed E-state index contributed by atoms with van der Waals surface area (Å²) in [4.78, 5) is 10.7. The normalized spacial score (nSPS) is 14.9. The highest BCUT2D eigenvalue weighted by atomic mass is 32.2. The fraction of sp³-hybridized carbons (Fsp3) is 0.500. The molecule has 7 heteroatoms. The molecule has 6 nitrogen and oxygen atoms in total. The standard InChI is InChI=1S/C8H13N3O3S/c1-4(12)15-3-6(13)7(14)5-2-10-11-8(5)9/h2,6-7,13-14H,3H2,1H3,(H3,9,10,11). The Bertz CT molecular complexity index is 342. The molecule has 1 aromatic heterocycles. The molecule has 0 saturated heterocycles. The number of H-pyrrole nitrogens is 1. The van der Waals surface area contributed by atoms with Gasteiger partial charge in [0.2, 0.25) is 0 Å². The van der Waals surface area contributed by atoms with E-state index in [2.05, 4.69) is 10.2 Å². The van der Waals surface area contributed by atoms with Crippen molar-refractivity contribution >= 4 is 22.7 Å². The SMILES string of the molecule is CC(=O)SCC(O)C(O)c1cn[nH]c1N. The van der Waals surface area contributed by atoms with E-state index in [0.29, 0.717) is 5.56 Å². The van der Waals surface area contributed by atoms with Gasteiger partial charge in [-0.15, -0.1) is 0 Å². The number of thioether (sulfide) groups is 1. The molecular weight excluding hydrogens is 218 g/mol. The summed E-state index contributed by atoms with van der Waals surface area (Å²) in [6, 6.07) is 0. The first kappa shape index (κ1) is 12.0. The van der Waals surface area contributed by atoms with Crippen molar-refractivity contribution in [3.8, 4) is 0 Å². The van der Waals surface area contributed by atoms with E-state index in [9.17, 15) is 15.0 Å². The molecule has 1 heterocycles. The number of nitrogens with two attached hydrogens (primary N) is 1. The van der Waals surface area contributed by atoms with Crippen molar-refractivity contribution in [3.63, 3.8) is 0 Å². The van der Waals surface area contributed by atoms with E-state index in [1.54, 1.807) is 0 Å². The molecule has 15 heavy (non-hydrogen) atoms. The zero-order chi connectivity index (χ0) is 11.4. The highest BCUT2D eigenvalue weighted by Crippen LogP contribution is 2.22. The van der Waals surface area contributed by atoms with Crippen LogP contribution in [0.3, 0.4) is 0 Å². The predicted octanol–water partition coefficient (Wildman–Crippen LogP) is -0.334. The lowest BCUT2D eigenvalue weighted by Gasteiger charge is -2.15. The number of aromatic nitrogens is 2. The minimum Gasteiger partial charge on any atom is -0.389 e. The number of aliphatic hydroxyl groups is 2. The number of aliphatic hydroxyl groups excluding tert-OH is 2. The van der Waals surface area contributed by atoms with Gasteiger partial charge in [0.1, 0.15) is 11.9 Å². The number of hydrogen-bond acceptors (Lipinski definition) is 6. The summed E-state index contributed by atoms with van der Waals surface area (Å²) < 4.78 is 0. The van der Waals surface area contributed by atoms with Crippen LogP contribution >= 0.6 is 11.8 Å². The quantitative estimate of drug-likeness (QED) is 0.564. The molecule has 0 fully saturated rings. The Hall–Kier alpha value is -1.05. The van der Waals surface area contributed by atoms with Crippen LogP contribution in [-0.4, -0.2) is 37.4 Å². The van der Waals surface area contributed by atoms with Crippen molar-refractivity contribution in [2.45, 2.75) is 19.1 Å². The van der Waals surface area contributed by atoms with Gasteiger partial charge in [0, 0.05) is 18.2 Å². The molecule has 0 aliphatic carbocycles. The van der Waals surface area contributed by atoms with Crippen LogP contribution in [0.1, 0.15) is 18.6 Å². The zero-order valence-corrected chi connectivity index (χ0v) is 8.99. The van der Waals surface area contributed by atoms with Gasteiger partial charge in [-0.2, -0.15) is 5.10 Å². The number of hydrogen-bond donors (Lipinski definition) is 4. The van der Waals surface area contributed by atoms with Gasteiger partial charge in [-0.3, -0.25) is 9.89 Å². The Morgan fingerprint density at radius 2 is 2.40 bits per heavy atom. The fourth-order valence-corrected chi connectivity index (χ4v) is 1.63. The maximum atomic E-state index is 10.7. The van der Waals surface area contributed by atoms with Gasteiger partial charge in [-0.25, -0.2) is 0 Å². The van der Waals surface area contributed by atoms with Gasteiger partial charge < -0.3 is 15.9 Å². The number of carbonyl (C=O) groups is 1. The van der Waals surface area contributed by atoms with Crippen molar-refractivity contribution in [2.75, 3.05) is 11.5 Å². The van der Waals surface area contributed by atoms with E-state index >= 15 is 0 Å². The highest BCUT2D eigenvalue weighted by molar-refractivity contribution is 8.13. The largest absolute Gasteiger partial charge is 0.389 e. The third-order valence-corrected chi connectivity index (χ3v) is 2.75. The van der Waals surface area contributed by atoms with Gasteiger partial charge in [-0.05, 0) is 0 Å². The second-order valence-electron chi connectivity index (χ2n) is 3.05. The van der Waals surface area contributed by atoms with Crippen molar-refractivity contribution in [1.82, 2.24) is 10.2 Å². The Labute approximate surface area is 90.9 Å². The number of carbonyl (C=O) groups excluding carboxylic acids is 1. The molecule has 0 saturated carbocycles. The van der Waals surface area contributed by atoms with Crippen LogP contribution in [0.4, 0.5) is 5.82 Å². The topological polar surface area (TPSA) is 112 Å². The number of nitrogens with one attached hydrogen (secondary N) is 1. The van der Waals surface area contributed by atoms with E-state index in [-0.39, 0.29) is 16.7 Å². The number of aromatic amines is 1. The molecule has 1 rings (SSSR count). The first-order chi connectivity index (χ1) is 7.02. The molecule has 0 bridgehead atoms. The Morgan fingerprint density at radius 3 is 2.87 bits per heavy atom. The van der Waals surface area contributed by atoms with Crippen LogP contribution in [-0.2, 0) is 4.79 Å². The van der Waals surface area contributed by atoms with Crippen LogP contribution in [0.15, 0.2) is 6.20 Å². The van der Waals surface area contributed by atoms with E-state index in [4.69, 9.17) is 5.73 Å². The number of nitrogen functional groups attached to an aromatic ring is 1. The minimum absolute atomic E-state index is 0.110. The molecule has 5 N–H and O–H groups in total. The summed E-state index contributed by atoms with van der Waals surface area (Å²) in [5.74, 6) is 0.343.